The van der Waals surface area contributed by atoms with E-state index in [0.29, 0.717) is 6.54 Å². The molecule has 2 fully saturated rings. The van der Waals surface area contributed by atoms with E-state index in [1.807, 2.05) is 0 Å². The highest BCUT2D eigenvalue weighted by molar-refractivity contribution is 6.06. The topological polar surface area (TPSA) is 37.4 Å². The second kappa shape index (κ2) is 5.77. The lowest BCUT2D eigenvalue weighted by Gasteiger charge is -2.44. The molecule has 2 bridgehead atoms. The first-order valence-corrected chi connectivity index (χ1v) is 9.18. The molecule has 3 aliphatic carbocycles. The Hall–Kier alpha value is -1.64. The van der Waals surface area contributed by atoms with Gasteiger partial charge in [-0.3, -0.25) is 14.5 Å². The third kappa shape index (κ3) is 2.16. The molecule has 3 heteroatoms. The molecule has 4 atom stereocenters. The van der Waals surface area contributed by atoms with Crippen molar-refractivity contribution >= 4 is 11.8 Å². The van der Waals surface area contributed by atoms with E-state index in [0.717, 1.165) is 25.7 Å². The maximum atomic E-state index is 12.9. The van der Waals surface area contributed by atoms with Crippen LogP contribution in [0.5, 0.6) is 0 Å². The van der Waals surface area contributed by atoms with Gasteiger partial charge < -0.3 is 0 Å². The Morgan fingerprint density at radius 3 is 2.00 bits per heavy atom. The lowest BCUT2D eigenvalue weighted by atomic mass is 9.57. The van der Waals surface area contributed by atoms with E-state index in [9.17, 15) is 9.59 Å². The van der Waals surface area contributed by atoms with Gasteiger partial charge in [-0.25, -0.2) is 0 Å². The summed E-state index contributed by atoms with van der Waals surface area (Å²) in [5.41, 5.74) is 2.66. The molecular weight excluding hydrogens is 286 g/mol. The van der Waals surface area contributed by atoms with Gasteiger partial charge in [-0.2, -0.15) is 0 Å². The number of nitrogens with zero attached hydrogens (tertiary/aromatic N) is 1. The van der Waals surface area contributed by atoms with Crippen molar-refractivity contribution in [2.45, 2.75) is 57.3 Å². The maximum absolute atomic E-state index is 12.9. The number of hydrogen-bond donors (Lipinski definition) is 0. The van der Waals surface area contributed by atoms with Crippen molar-refractivity contribution in [3.63, 3.8) is 0 Å². The number of fused-ring (bicyclic) bond motifs is 1. The first-order valence-electron chi connectivity index (χ1n) is 9.18. The number of rotatable bonds is 5. The summed E-state index contributed by atoms with van der Waals surface area (Å²) < 4.78 is 0. The van der Waals surface area contributed by atoms with E-state index < -0.39 is 0 Å². The van der Waals surface area contributed by atoms with Gasteiger partial charge in [0, 0.05) is 6.54 Å². The number of imide groups is 1. The highest BCUT2D eigenvalue weighted by atomic mass is 16.2. The number of hydrogen-bond acceptors (Lipinski definition) is 2. The van der Waals surface area contributed by atoms with Gasteiger partial charge in [0.25, 0.3) is 0 Å². The zero-order chi connectivity index (χ0) is 16.0. The third-order valence-corrected chi connectivity index (χ3v) is 6.18. The maximum Gasteiger partial charge on any atom is 0.233 e. The smallest absolute Gasteiger partial charge is 0.233 e. The van der Waals surface area contributed by atoms with Gasteiger partial charge in [0.2, 0.25) is 11.8 Å². The van der Waals surface area contributed by atoms with Gasteiger partial charge in [0.05, 0.1) is 11.8 Å². The lowest BCUT2D eigenvalue weighted by molar-refractivity contribution is -0.140. The number of carbonyl (C=O) groups is 2. The fourth-order valence-electron chi connectivity index (χ4n) is 5.14. The third-order valence-electron chi connectivity index (χ3n) is 6.18. The van der Waals surface area contributed by atoms with Gasteiger partial charge in [0.15, 0.2) is 0 Å². The van der Waals surface area contributed by atoms with Crippen molar-refractivity contribution in [2.75, 3.05) is 6.54 Å². The lowest BCUT2D eigenvalue weighted by Crippen LogP contribution is -2.39. The van der Waals surface area contributed by atoms with Gasteiger partial charge in [-0.1, -0.05) is 50.5 Å². The molecule has 1 saturated heterocycles. The molecule has 4 aliphatic rings. The van der Waals surface area contributed by atoms with Gasteiger partial charge in [0.1, 0.15) is 0 Å². The van der Waals surface area contributed by atoms with Crippen molar-refractivity contribution in [1.82, 2.24) is 4.90 Å². The molecule has 23 heavy (non-hydrogen) atoms. The molecule has 2 amide bonds. The molecule has 1 saturated carbocycles. The average Bonchev–Trinajstić information content (AvgIpc) is 2.85. The van der Waals surface area contributed by atoms with Crippen LogP contribution in [0.25, 0.3) is 0 Å². The fourth-order valence-corrected chi connectivity index (χ4v) is 5.14. The number of amides is 2. The summed E-state index contributed by atoms with van der Waals surface area (Å²) in [4.78, 5) is 27.4. The molecule has 4 unspecified atom stereocenters. The fraction of sp³-hybridized carbons (Fsp3) is 0.600. The predicted molar refractivity (Wildman–Crippen MR) is 89.0 cm³/mol. The Morgan fingerprint density at radius 1 is 0.913 bits per heavy atom. The van der Waals surface area contributed by atoms with Crippen molar-refractivity contribution in [2.24, 2.45) is 11.8 Å². The van der Waals surface area contributed by atoms with Gasteiger partial charge >= 0.3 is 0 Å². The van der Waals surface area contributed by atoms with Crippen molar-refractivity contribution < 1.29 is 9.59 Å². The van der Waals surface area contributed by atoms with Crippen LogP contribution >= 0.6 is 0 Å². The molecular formula is C20H25NO2. The Kier molecular flexibility index (Phi) is 3.74. The Bertz CT molecular complexity index is 589. The summed E-state index contributed by atoms with van der Waals surface area (Å²) in [6.45, 7) is 2.80. The zero-order valence-electron chi connectivity index (χ0n) is 13.8. The summed E-state index contributed by atoms with van der Waals surface area (Å²) in [5.74, 6) is 0.586. The number of benzene rings is 1. The van der Waals surface area contributed by atoms with Crippen LogP contribution in [0.2, 0.25) is 0 Å². The molecule has 3 nitrogen and oxygen atoms in total. The van der Waals surface area contributed by atoms with Crippen LogP contribution in [0.1, 0.15) is 68.4 Å². The monoisotopic (exact) mass is 311 g/mol. The molecule has 0 N–H and O–H groups in total. The van der Waals surface area contributed by atoms with Crippen LogP contribution < -0.4 is 0 Å². The number of likely N-dealkylation sites (tertiary alicyclic amines) is 1. The van der Waals surface area contributed by atoms with Gasteiger partial charge in [-0.05, 0) is 42.2 Å². The highest BCUT2D eigenvalue weighted by Crippen LogP contribution is 2.58. The molecule has 0 spiro atoms. The van der Waals surface area contributed by atoms with Crippen LogP contribution in [-0.2, 0) is 9.59 Å². The Morgan fingerprint density at radius 2 is 1.48 bits per heavy atom. The standard InChI is InChI=1S/C20H25NO2/c1-2-3-4-7-12-21-19(22)17-15-10-11-16(18(17)20(21)23)14-9-6-5-8-13(14)15/h5-6,8-9,15-18H,2-4,7,10-12H2,1H3. The quantitative estimate of drug-likeness (QED) is 0.612. The molecule has 122 valence electrons. The van der Waals surface area contributed by atoms with Crippen molar-refractivity contribution in [1.29, 1.82) is 0 Å². The molecule has 1 aromatic carbocycles. The summed E-state index contributed by atoms with van der Waals surface area (Å²) in [6, 6.07) is 8.48. The zero-order valence-corrected chi connectivity index (χ0v) is 13.8. The van der Waals surface area contributed by atoms with E-state index in [2.05, 4.69) is 31.2 Å². The minimum Gasteiger partial charge on any atom is -0.282 e. The van der Waals surface area contributed by atoms with E-state index in [1.165, 1.54) is 24.0 Å². The second-order valence-electron chi connectivity index (χ2n) is 7.36. The molecule has 5 rings (SSSR count). The summed E-state index contributed by atoms with van der Waals surface area (Å²) in [7, 11) is 0. The first kappa shape index (κ1) is 14.9. The van der Waals surface area contributed by atoms with Crippen LogP contribution in [0.4, 0.5) is 0 Å². The van der Waals surface area contributed by atoms with Crippen molar-refractivity contribution in [3.8, 4) is 0 Å². The summed E-state index contributed by atoms with van der Waals surface area (Å²) in [5, 5.41) is 0. The summed E-state index contributed by atoms with van der Waals surface area (Å²) >= 11 is 0. The molecule has 0 aromatic heterocycles. The Labute approximate surface area is 138 Å². The summed E-state index contributed by atoms with van der Waals surface area (Å²) in [6.07, 6.45) is 6.53. The second-order valence-corrected chi connectivity index (χ2v) is 7.36. The first-order chi connectivity index (χ1) is 11.2. The van der Waals surface area contributed by atoms with Crippen molar-refractivity contribution in [3.05, 3.63) is 35.4 Å². The largest absolute Gasteiger partial charge is 0.282 e. The van der Waals surface area contributed by atoms with E-state index in [4.69, 9.17) is 0 Å². The molecule has 0 radical (unpaired) electrons. The average molecular weight is 311 g/mol. The van der Waals surface area contributed by atoms with Crippen LogP contribution in [0, 0.1) is 11.8 Å². The van der Waals surface area contributed by atoms with Crippen LogP contribution in [0.3, 0.4) is 0 Å². The van der Waals surface area contributed by atoms with Crippen LogP contribution in [0.15, 0.2) is 24.3 Å². The normalized spacial score (nSPS) is 31.4. The minimum absolute atomic E-state index is 0.0812. The van der Waals surface area contributed by atoms with Crippen LogP contribution in [-0.4, -0.2) is 23.3 Å². The highest BCUT2D eigenvalue weighted by Gasteiger charge is 2.59. The van der Waals surface area contributed by atoms with E-state index >= 15 is 0 Å². The minimum atomic E-state index is -0.0812. The molecule has 1 heterocycles. The van der Waals surface area contributed by atoms with E-state index in [1.54, 1.807) is 4.90 Å². The number of unbranched alkanes of at least 4 members (excludes halogenated alkanes) is 3. The Balaban J connectivity index is 1.60. The SMILES string of the molecule is CCCCCCN1C(=O)C2C3CCC(c4ccccc43)C2C1=O. The number of carbonyl (C=O) groups excluding carboxylic acids is 2. The van der Waals surface area contributed by atoms with E-state index in [-0.39, 0.29) is 35.5 Å². The molecule has 1 aromatic rings. The predicted octanol–water partition coefficient (Wildman–Crippen LogP) is 3.84. The van der Waals surface area contributed by atoms with Gasteiger partial charge in [-0.15, -0.1) is 0 Å². The molecule has 1 aliphatic heterocycles.